The van der Waals surface area contributed by atoms with Gasteiger partial charge in [0.2, 0.25) is 0 Å². The van der Waals surface area contributed by atoms with Crippen molar-refractivity contribution in [3.63, 3.8) is 0 Å². The maximum absolute atomic E-state index is 11.7. The van der Waals surface area contributed by atoms with Crippen LogP contribution in [0.2, 0.25) is 0 Å². The van der Waals surface area contributed by atoms with Gasteiger partial charge < -0.3 is 14.6 Å². The molecule has 1 atom stereocenters. The molecule has 16 heavy (non-hydrogen) atoms. The minimum absolute atomic E-state index is 0.0537. The molecule has 0 aromatic rings. The van der Waals surface area contributed by atoms with E-state index < -0.39 is 37.2 Å². The Kier molecular flexibility index (Phi) is 5.79. The Labute approximate surface area is 89.1 Å². The molecular formula is C8H11F3O5. The summed E-state index contributed by atoms with van der Waals surface area (Å²) in [5.74, 6) is -4.43. The summed E-state index contributed by atoms with van der Waals surface area (Å²) in [4.78, 5) is 21.5. The van der Waals surface area contributed by atoms with Gasteiger partial charge in [-0.1, -0.05) is 0 Å². The lowest BCUT2D eigenvalue weighted by molar-refractivity contribution is -0.184. The Morgan fingerprint density at radius 3 is 2.31 bits per heavy atom. The van der Waals surface area contributed by atoms with Gasteiger partial charge in [0.1, 0.15) is 6.61 Å². The van der Waals surface area contributed by atoms with Crippen LogP contribution in [0.3, 0.4) is 0 Å². The van der Waals surface area contributed by atoms with E-state index in [-0.39, 0.29) is 6.61 Å². The van der Waals surface area contributed by atoms with E-state index in [9.17, 15) is 22.8 Å². The summed E-state index contributed by atoms with van der Waals surface area (Å²) in [6.45, 7) is -1.07. The zero-order valence-electron chi connectivity index (χ0n) is 8.41. The lowest BCUT2D eigenvalue weighted by atomic mass is 10.2. The molecule has 0 saturated heterocycles. The van der Waals surface area contributed by atoms with Crippen molar-refractivity contribution < 1.29 is 37.3 Å². The van der Waals surface area contributed by atoms with Crippen LogP contribution in [0.15, 0.2) is 0 Å². The molecule has 0 aromatic heterocycles. The third-order valence-corrected chi connectivity index (χ3v) is 1.42. The first-order valence-corrected chi connectivity index (χ1v) is 4.32. The molecule has 0 saturated carbocycles. The summed E-state index contributed by atoms with van der Waals surface area (Å²) in [6, 6.07) is 0. The predicted molar refractivity (Wildman–Crippen MR) is 44.6 cm³/mol. The van der Waals surface area contributed by atoms with E-state index in [0.29, 0.717) is 0 Å². The van der Waals surface area contributed by atoms with E-state index in [1.807, 2.05) is 0 Å². The topological polar surface area (TPSA) is 72.8 Å². The maximum atomic E-state index is 11.7. The molecule has 94 valence electrons. The lowest BCUT2D eigenvalue weighted by Gasteiger charge is -2.12. The van der Waals surface area contributed by atoms with E-state index in [4.69, 9.17) is 5.11 Å². The number of hydrogen-bond acceptors (Lipinski definition) is 4. The molecular weight excluding hydrogens is 233 g/mol. The summed E-state index contributed by atoms with van der Waals surface area (Å²) in [6.07, 6.45) is -4.56. The number of carbonyl (C=O) groups is 2. The average Bonchev–Trinajstić information content (AvgIpc) is 2.10. The number of halogens is 3. The second-order valence-electron chi connectivity index (χ2n) is 2.77. The van der Waals surface area contributed by atoms with Crippen LogP contribution in [-0.4, -0.2) is 43.0 Å². The van der Waals surface area contributed by atoms with Gasteiger partial charge in [0, 0.05) is 0 Å². The molecule has 0 spiro atoms. The van der Waals surface area contributed by atoms with Gasteiger partial charge in [-0.3, -0.25) is 9.59 Å². The maximum Gasteiger partial charge on any atom is 0.411 e. The second kappa shape index (κ2) is 6.31. The number of aliphatic carboxylic acids is 1. The summed E-state index contributed by atoms with van der Waals surface area (Å²) < 4.78 is 43.5. The Balaban J connectivity index is 4.15. The third kappa shape index (κ3) is 6.23. The number of hydrogen-bond donors (Lipinski definition) is 1. The molecule has 0 amide bonds. The second-order valence-corrected chi connectivity index (χ2v) is 2.77. The summed E-state index contributed by atoms with van der Waals surface area (Å²) in [5.41, 5.74) is 0. The standard InChI is InChI=1S/C8H11F3O5/c1-2-16-7(14)5(6(12)13)3-15-4-8(9,10)11/h5H,2-4H2,1H3,(H,12,13). The molecule has 0 rings (SSSR count). The fourth-order valence-electron chi connectivity index (χ4n) is 0.776. The molecule has 0 aliphatic rings. The fraction of sp³-hybridized carbons (Fsp3) is 0.750. The first-order chi connectivity index (χ1) is 7.28. The van der Waals surface area contributed by atoms with Gasteiger partial charge in [-0.2, -0.15) is 13.2 Å². The lowest BCUT2D eigenvalue weighted by Crippen LogP contribution is -2.32. The molecule has 0 fully saturated rings. The first kappa shape index (κ1) is 14.7. The van der Waals surface area contributed by atoms with E-state index >= 15 is 0 Å². The number of carboxylic acids is 1. The Morgan fingerprint density at radius 1 is 1.38 bits per heavy atom. The number of rotatable bonds is 6. The molecule has 0 heterocycles. The van der Waals surface area contributed by atoms with Crippen molar-refractivity contribution >= 4 is 11.9 Å². The smallest absolute Gasteiger partial charge is 0.411 e. The molecule has 1 unspecified atom stereocenters. The minimum atomic E-state index is -4.56. The molecule has 5 nitrogen and oxygen atoms in total. The monoisotopic (exact) mass is 244 g/mol. The number of ether oxygens (including phenoxy) is 2. The molecule has 1 N–H and O–H groups in total. The van der Waals surface area contributed by atoms with Gasteiger partial charge in [0.05, 0.1) is 13.2 Å². The Hall–Kier alpha value is -1.31. The summed E-state index contributed by atoms with van der Waals surface area (Å²) in [5, 5.41) is 8.54. The predicted octanol–water partition coefficient (Wildman–Crippen LogP) is 0.829. The number of carbonyl (C=O) groups excluding carboxylic acids is 1. The van der Waals surface area contributed by atoms with Crippen LogP contribution in [-0.2, 0) is 19.1 Å². The van der Waals surface area contributed by atoms with E-state index in [1.54, 1.807) is 0 Å². The summed E-state index contributed by atoms with van der Waals surface area (Å²) >= 11 is 0. The zero-order chi connectivity index (χ0) is 12.8. The largest absolute Gasteiger partial charge is 0.481 e. The van der Waals surface area contributed by atoms with Crippen molar-refractivity contribution in [2.45, 2.75) is 13.1 Å². The van der Waals surface area contributed by atoms with Crippen LogP contribution in [0.5, 0.6) is 0 Å². The molecule has 0 aliphatic carbocycles. The van der Waals surface area contributed by atoms with Crippen LogP contribution in [0, 0.1) is 5.92 Å². The minimum Gasteiger partial charge on any atom is -0.481 e. The van der Waals surface area contributed by atoms with Gasteiger partial charge >= 0.3 is 18.1 Å². The van der Waals surface area contributed by atoms with E-state index in [0.717, 1.165) is 0 Å². The Morgan fingerprint density at radius 2 is 1.94 bits per heavy atom. The highest BCUT2D eigenvalue weighted by Gasteiger charge is 2.32. The van der Waals surface area contributed by atoms with Gasteiger partial charge in [-0.05, 0) is 6.92 Å². The quantitative estimate of drug-likeness (QED) is 0.553. The van der Waals surface area contributed by atoms with Crippen LogP contribution in [0.1, 0.15) is 6.92 Å². The Bertz CT molecular complexity index is 251. The van der Waals surface area contributed by atoms with Crippen LogP contribution in [0.4, 0.5) is 13.2 Å². The number of alkyl halides is 3. The van der Waals surface area contributed by atoms with Crippen molar-refractivity contribution in [3.8, 4) is 0 Å². The van der Waals surface area contributed by atoms with Crippen molar-refractivity contribution in [1.82, 2.24) is 0 Å². The number of esters is 1. The SMILES string of the molecule is CCOC(=O)C(COCC(F)(F)F)C(=O)O. The van der Waals surface area contributed by atoms with Gasteiger partial charge in [-0.15, -0.1) is 0 Å². The highest BCUT2D eigenvalue weighted by Crippen LogP contribution is 2.15. The fourth-order valence-corrected chi connectivity index (χ4v) is 0.776. The van der Waals surface area contributed by atoms with Crippen LogP contribution < -0.4 is 0 Å². The molecule has 0 bridgehead atoms. The first-order valence-electron chi connectivity index (χ1n) is 4.32. The van der Waals surface area contributed by atoms with Gasteiger partial charge in [-0.25, -0.2) is 0 Å². The molecule has 0 radical (unpaired) electrons. The highest BCUT2D eigenvalue weighted by atomic mass is 19.4. The normalized spacial score (nSPS) is 13.2. The van der Waals surface area contributed by atoms with Crippen molar-refractivity contribution in [1.29, 1.82) is 0 Å². The van der Waals surface area contributed by atoms with Crippen LogP contribution >= 0.6 is 0 Å². The van der Waals surface area contributed by atoms with Crippen molar-refractivity contribution in [2.75, 3.05) is 19.8 Å². The van der Waals surface area contributed by atoms with Gasteiger partial charge in [0.15, 0.2) is 5.92 Å². The molecule has 0 aromatic carbocycles. The highest BCUT2D eigenvalue weighted by molar-refractivity contribution is 5.94. The third-order valence-electron chi connectivity index (χ3n) is 1.42. The van der Waals surface area contributed by atoms with Crippen molar-refractivity contribution in [3.05, 3.63) is 0 Å². The molecule has 8 heteroatoms. The van der Waals surface area contributed by atoms with Gasteiger partial charge in [0.25, 0.3) is 0 Å². The average molecular weight is 244 g/mol. The number of carboxylic acid groups (broad SMARTS) is 1. The van der Waals surface area contributed by atoms with E-state index in [2.05, 4.69) is 9.47 Å². The van der Waals surface area contributed by atoms with Crippen molar-refractivity contribution in [2.24, 2.45) is 5.92 Å². The van der Waals surface area contributed by atoms with E-state index in [1.165, 1.54) is 6.92 Å². The molecule has 0 aliphatic heterocycles. The summed E-state index contributed by atoms with van der Waals surface area (Å²) in [7, 11) is 0. The van der Waals surface area contributed by atoms with Crippen LogP contribution in [0.25, 0.3) is 0 Å². The zero-order valence-corrected chi connectivity index (χ0v) is 8.41.